The molecule has 0 saturated heterocycles. The molecule has 0 spiro atoms. The lowest BCUT2D eigenvalue weighted by molar-refractivity contribution is -0.400. The second-order valence-corrected chi connectivity index (χ2v) is 1.94. The van der Waals surface area contributed by atoms with Gasteiger partial charge in [-0.15, -0.1) is 0 Å². The van der Waals surface area contributed by atoms with E-state index in [2.05, 4.69) is 0 Å². The van der Waals surface area contributed by atoms with E-state index in [9.17, 15) is 10.1 Å². The van der Waals surface area contributed by atoms with E-state index >= 15 is 0 Å². The Kier molecular flexibility index (Phi) is 1.94. The fraction of sp³-hybridized carbons (Fsp3) is 0. The lowest BCUT2D eigenvalue weighted by Gasteiger charge is -1.86. The summed E-state index contributed by atoms with van der Waals surface area (Å²) in [6.45, 7) is 0. The molecule has 0 aliphatic rings. The van der Waals surface area contributed by atoms with Gasteiger partial charge < -0.3 is 0 Å². The van der Waals surface area contributed by atoms with E-state index in [-0.39, 0.29) is 0 Å². The standard InChI is InChI=1S/C8H7NO2/c10-9(11)7-6-8-4-2-1-3-5-8/h1-7H/b7-6+/i7D. The Morgan fingerprint density at radius 2 is 2.09 bits per heavy atom. The molecule has 0 atom stereocenters. The van der Waals surface area contributed by atoms with E-state index in [0.29, 0.717) is 5.56 Å². The van der Waals surface area contributed by atoms with Crippen molar-refractivity contribution in [2.45, 2.75) is 0 Å². The topological polar surface area (TPSA) is 43.1 Å². The average Bonchev–Trinajstić information content (AvgIpc) is 2.06. The molecule has 0 bridgehead atoms. The van der Waals surface area contributed by atoms with Crippen LogP contribution in [0.4, 0.5) is 0 Å². The predicted molar refractivity (Wildman–Crippen MR) is 42.5 cm³/mol. The summed E-state index contributed by atoms with van der Waals surface area (Å²) in [5, 5.41) is 10.1. The first-order valence-electron chi connectivity index (χ1n) is 3.58. The van der Waals surface area contributed by atoms with Crippen molar-refractivity contribution in [2.24, 2.45) is 0 Å². The second kappa shape index (κ2) is 3.51. The molecule has 3 heteroatoms. The van der Waals surface area contributed by atoms with E-state index < -0.39 is 11.1 Å². The third-order valence-electron chi connectivity index (χ3n) is 1.14. The third-order valence-corrected chi connectivity index (χ3v) is 1.14. The van der Waals surface area contributed by atoms with Gasteiger partial charge in [0.25, 0.3) is 0 Å². The molecule has 0 radical (unpaired) electrons. The lowest BCUT2D eigenvalue weighted by atomic mass is 10.2. The van der Waals surface area contributed by atoms with Crippen molar-refractivity contribution in [3.8, 4) is 0 Å². The van der Waals surface area contributed by atoms with Gasteiger partial charge in [-0.25, -0.2) is 0 Å². The molecule has 0 aliphatic heterocycles. The lowest BCUT2D eigenvalue weighted by Crippen LogP contribution is -1.81. The minimum atomic E-state index is -0.729. The fourth-order valence-electron chi connectivity index (χ4n) is 0.677. The van der Waals surface area contributed by atoms with Crippen LogP contribution in [0.1, 0.15) is 6.93 Å². The summed E-state index contributed by atoms with van der Waals surface area (Å²) in [7, 11) is 0. The van der Waals surface area contributed by atoms with Crippen molar-refractivity contribution in [3.63, 3.8) is 0 Å². The summed E-state index contributed by atoms with van der Waals surface area (Å²) in [4.78, 5) is 9.32. The molecule has 0 unspecified atom stereocenters. The molecule has 0 N–H and O–H groups in total. The molecule has 0 heterocycles. The Balaban J connectivity index is 2.89. The van der Waals surface area contributed by atoms with E-state index in [0.717, 1.165) is 0 Å². The van der Waals surface area contributed by atoms with Crippen LogP contribution in [0.25, 0.3) is 6.08 Å². The highest BCUT2D eigenvalue weighted by molar-refractivity contribution is 5.47. The third kappa shape index (κ3) is 2.62. The maximum Gasteiger partial charge on any atom is 0.235 e. The van der Waals surface area contributed by atoms with Gasteiger partial charge in [-0.3, -0.25) is 10.1 Å². The Morgan fingerprint density at radius 1 is 1.45 bits per heavy atom. The highest BCUT2D eigenvalue weighted by Crippen LogP contribution is 1.99. The smallest absolute Gasteiger partial charge is 0.235 e. The largest absolute Gasteiger partial charge is 0.259 e. The van der Waals surface area contributed by atoms with E-state index in [4.69, 9.17) is 1.37 Å². The molecule has 11 heavy (non-hydrogen) atoms. The molecule has 3 nitrogen and oxygen atoms in total. The first-order chi connectivity index (χ1) is 5.70. The summed E-state index contributed by atoms with van der Waals surface area (Å²) in [6.07, 6.45) is 0.612. The normalized spacial score (nSPS) is 12.4. The summed E-state index contributed by atoms with van der Waals surface area (Å²) in [6, 6.07) is 8.75. The van der Waals surface area contributed by atoms with Gasteiger partial charge >= 0.3 is 0 Å². The number of nitrogens with zero attached hydrogens (tertiary/aromatic N) is 1. The molecule has 56 valence electrons. The minimum absolute atomic E-state index is 0.596. The maximum absolute atomic E-state index is 10.1. The molecule has 0 amide bonds. The zero-order chi connectivity index (χ0) is 8.97. The summed E-state index contributed by atoms with van der Waals surface area (Å²) in [5.74, 6) is 0. The molecule has 1 aromatic rings. The van der Waals surface area contributed by atoms with Gasteiger partial charge in [-0.2, -0.15) is 0 Å². The Morgan fingerprint density at radius 3 is 2.64 bits per heavy atom. The number of hydrogen-bond acceptors (Lipinski definition) is 2. The first kappa shape index (κ1) is 6.09. The number of rotatable bonds is 2. The van der Waals surface area contributed by atoms with Crippen LogP contribution in [0.3, 0.4) is 0 Å². The number of benzene rings is 1. The Hall–Kier alpha value is -1.64. The molecule has 0 saturated carbocycles. The van der Waals surface area contributed by atoms with Crippen molar-refractivity contribution < 1.29 is 6.29 Å². The van der Waals surface area contributed by atoms with Gasteiger partial charge in [0.15, 0.2) is 0 Å². The zero-order valence-electron chi connectivity index (χ0n) is 6.73. The van der Waals surface area contributed by atoms with Crippen molar-refractivity contribution in [3.05, 3.63) is 52.2 Å². The maximum atomic E-state index is 10.1. The van der Waals surface area contributed by atoms with Gasteiger partial charge in [-0.05, 0) is 5.56 Å². The molecule has 1 rings (SSSR count). The quantitative estimate of drug-likeness (QED) is 0.477. The predicted octanol–water partition coefficient (Wildman–Crippen LogP) is 1.93. The Labute approximate surface area is 65.5 Å². The van der Waals surface area contributed by atoms with Gasteiger partial charge in [0.2, 0.25) is 6.18 Å². The Bertz CT molecular complexity index is 308. The van der Waals surface area contributed by atoms with Crippen LogP contribution in [-0.4, -0.2) is 4.92 Å². The second-order valence-electron chi connectivity index (χ2n) is 1.94. The number of hydrogen-bond donors (Lipinski definition) is 0. The zero-order valence-corrected chi connectivity index (χ0v) is 5.73. The van der Waals surface area contributed by atoms with Crippen LogP contribution in [0.15, 0.2) is 36.5 Å². The molecular weight excluding hydrogens is 142 g/mol. The summed E-state index contributed by atoms with van der Waals surface area (Å²) >= 11 is 0. The summed E-state index contributed by atoms with van der Waals surface area (Å²) in [5.41, 5.74) is 0.666. The fourth-order valence-corrected chi connectivity index (χ4v) is 0.677. The molecule has 1 aromatic carbocycles. The highest BCUT2D eigenvalue weighted by Gasteiger charge is 1.86. The van der Waals surface area contributed by atoms with E-state index in [1.54, 1.807) is 24.3 Å². The molecular formula is C8H7NO2. The summed E-state index contributed by atoms with van der Waals surface area (Å²) < 4.78 is 6.93. The van der Waals surface area contributed by atoms with Crippen molar-refractivity contribution in [1.82, 2.24) is 0 Å². The van der Waals surface area contributed by atoms with Crippen molar-refractivity contribution in [2.75, 3.05) is 0 Å². The van der Waals surface area contributed by atoms with Crippen molar-refractivity contribution >= 4 is 6.08 Å². The van der Waals surface area contributed by atoms with Crippen LogP contribution in [0.5, 0.6) is 0 Å². The SMILES string of the molecule is [2H]/C(=C\c1ccccc1)[N+](=O)[O-]. The van der Waals surface area contributed by atoms with Gasteiger partial charge in [0.1, 0.15) is 1.37 Å². The first-order valence-corrected chi connectivity index (χ1v) is 3.08. The molecule has 0 aliphatic carbocycles. The minimum Gasteiger partial charge on any atom is -0.259 e. The average molecular weight is 150 g/mol. The highest BCUT2D eigenvalue weighted by atomic mass is 16.6. The van der Waals surface area contributed by atoms with E-state index in [1.165, 1.54) is 6.08 Å². The monoisotopic (exact) mass is 150 g/mol. The van der Waals surface area contributed by atoms with Crippen LogP contribution >= 0.6 is 0 Å². The number of nitro groups is 1. The molecule has 0 fully saturated rings. The van der Waals surface area contributed by atoms with Gasteiger partial charge in [-0.1, -0.05) is 30.3 Å². The van der Waals surface area contributed by atoms with Crippen molar-refractivity contribution in [1.29, 1.82) is 0 Å². The van der Waals surface area contributed by atoms with Crippen LogP contribution in [0, 0.1) is 10.1 Å². The van der Waals surface area contributed by atoms with E-state index in [1.807, 2.05) is 6.07 Å². The van der Waals surface area contributed by atoms with Gasteiger partial charge in [0, 0.05) is 6.08 Å². The van der Waals surface area contributed by atoms with Crippen LogP contribution < -0.4 is 0 Å². The van der Waals surface area contributed by atoms with Crippen LogP contribution in [-0.2, 0) is 0 Å². The van der Waals surface area contributed by atoms with Gasteiger partial charge in [0.05, 0.1) is 4.92 Å². The molecule has 0 aromatic heterocycles. The van der Waals surface area contributed by atoms with Crippen LogP contribution in [0.2, 0.25) is 0 Å².